The summed E-state index contributed by atoms with van der Waals surface area (Å²) in [6, 6.07) is 12.5. The van der Waals surface area contributed by atoms with Gasteiger partial charge in [0.25, 0.3) is 0 Å². The molecule has 0 aliphatic rings. The van der Waals surface area contributed by atoms with Crippen LogP contribution in [0.4, 0.5) is 0 Å². The molecule has 3 heteroatoms. The molecular formula is C17H22N2O. The summed E-state index contributed by atoms with van der Waals surface area (Å²) in [6.45, 7) is 7.14. The Balaban J connectivity index is 2.43. The molecule has 1 unspecified atom stereocenters. The highest BCUT2D eigenvalue weighted by atomic mass is 16.5. The highest BCUT2D eigenvalue weighted by molar-refractivity contribution is 5.40. The second-order valence-corrected chi connectivity index (χ2v) is 4.92. The molecule has 0 saturated heterocycles. The molecular weight excluding hydrogens is 248 g/mol. The van der Waals surface area contributed by atoms with Gasteiger partial charge >= 0.3 is 0 Å². The number of hydrogen-bond donors (Lipinski definition) is 1. The van der Waals surface area contributed by atoms with Crippen LogP contribution in [0.1, 0.15) is 35.5 Å². The third-order valence-corrected chi connectivity index (χ3v) is 3.40. The Labute approximate surface area is 121 Å². The maximum Gasteiger partial charge on any atom is 0.119 e. The normalized spacial score (nSPS) is 12.2. The van der Waals surface area contributed by atoms with Crippen LogP contribution in [-0.2, 0) is 0 Å². The molecule has 3 nitrogen and oxygen atoms in total. The van der Waals surface area contributed by atoms with Crippen LogP contribution in [0.2, 0.25) is 0 Å². The minimum absolute atomic E-state index is 0.116. The Morgan fingerprint density at radius 3 is 2.60 bits per heavy atom. The standard InChI is InChI=1S/C17H22N2O/c1-5-18-17(16-8-6-7-13(3)19-16)15-10-9-14(20-4)11-12(15)2/h6-11,17-18H,5H2,1-4H3. The van der Waals surface area contributed by atoms with Crippen LogP contribution in [0.25, 0.3) is 0 Å². The average Bonchev–Trinajstić information content (AvgIpc) is 2.45. The summed E-state index contributed by atoms with van der Waals surface area (Å²) in [7, 11) is 1.69. The SMILES string of the molecule is CCNC(c1cccc(C)n1)c1ccc(OC)cc1C. The molecule has 2 rings (SSSR count). The van der Waals surface area contributed by atoms with E-state index in [4.69, 9.17) is 4.74 Å². The Hall–Kier alpha value is -1.87. The minimum atomic E-state index is 0.116. The predicted octanol–water partition coefficient (Wildman–Crippen LogP) is 3.41. The molecule has 0 radical (unpaired) electrons. The van der Waals surface area contributed by atoms with E-state index in [0.29, 0.717) is 0 Å². The third-order valence-electron chi connectivity index (χ3n) is 3.40. The van der Waals surface area contributed by atoms with Crippen molar-refractivity contribution in [1.29, 1.82) is 0 Å². The van der Waals surface area contributed by atoms with Gasteiger partial charge in [-0.3, -0.25) is 4.98 Å². The monoisotopic (exact) mass is 270 g/mol. The number of nitrogens with zero attached hydrogens (tertiary/aromatic N) is 1. The fourth-order valence-corrected chi connectivity index (χ4v) is 2.40. The number of aryl methyl sites for hydroxylation is 2. The summed E-state index contributed by atoms with van der Waals surface area (Å²) in [5.74, 6) is 0.888. The summed E-state index contributed by atoms with van der Waals surface area (Å²) in [6.07, 6.45) is 0. The number of nitrogens with one attached hydrogen (secondary N) is 1. The molecule has 0 bridgehead atoms. The largest absolute Gasteiger partial charge is 0.497 e. The molecule has 1 heterocycles. The third kappa shape index (κ3) is 3.17. The van der Waals surface area contributed by atoms with E-state index in [9.17, 15) is 0 Å². The van der Waals surface area contributed by atoms with Crippen LogP contribution in [0.5, 0.6) is 5.75 Å². The lowest BCUT2D eigenvalue weighted by Crippen LogP contribution is -2.23. The number of pyridine rings is 1. The lowest BCUT2D eigenvalue weighted by molar-refractivity contribution is 0.414. The maximum absolute atomic E-state index is 5.28. The number of aromatic nitrogens is 1. The zero-order valence-electron chi connectivity index (χ0n) is 12.6. The Morgan fingerprint density at radius 1 is 1.20 bits per heavy atom. The fraction of sp³-hybridized carbons (Fsp3) is 0.353. The predicted molar refractivity (Wildman–Crippen MR) is 82.2 cm³/mol. The zero-order chi connectivity index (χ0) is 14.5. The van der Waals surface area contributed by atoms with Crippen LogP contribution in [0.3, 0.4) is 0 Å². The van der Waals surface area contributed by atoms with Gasteiger partial charge in [-0.05, 0) is 55.8 Å². The van der Waals surface area contributed by atoms with Gasteiger partial charge in [0.2, 0.25) is 0 Å². The van der Waals surface area contributed by atoms with Crippen molar-refractivity contribution < 1.29 is 4.74 Å². The summed E-state index contributed by atoms with van der Waals surface area (Å²) in [5, 5.41) is 3.52. The zero-order valence-corrected chi connectivity index (χ0v) is 12.6. The summed E-state index contributed by atoms with van der Waals surface area (Å²) in [5.41, 5.74) is 4.54. The van der Waals surface area contributed by atoms with E-state index in [-0.39, 0.29) is 6.04 Å². The molecule has 0 spiro atoms. The van der Waals surface area contributed by atoms with Gasteiger partial charge in [0.1, 0.15) is 5.75 Å². The van der Waals surface area contributed by atoms with Gasteiger partial charge in [-0.15, -0.1) is 0 Å². The van der Waals surface area contributed by atoms with Crippen molar-refractivity contribution in [3.8, 4) is 5.75 Å². The minimum Gasteiger partial charge on any atom is -0.497 e. The molecule has 106 valence electrons. The van der Waals surface area contributed by atoms with E-state index < -0.39 is 0 Å². The molecule has 20 heavy (non-hydrogen) atoms. The molecule has 1 aromatic carbocycles. The fourth-order valence-electron chi connectivity index (χ4n) is 2.40. The van der Waals surface area contributed by atoms with Gasteiger partial charge in [-0.25, -0.2) is 0 Å². The quantitative estimate of drug-likeness (QED) is 0.904. The summed E-state index contributed by atoms with van der Waals surface area (Å²) in [4.78, 5) is 4.66. The van der Waals surface area contributed by atoms with Crippen LogP contribution < -0.4 is 10.1 Å². The Bertz CT molecular complexity index is 581. The van der Waals surface area contributed by atoms with Crippen molar-refractivity contribution in [2.24, 2.45) is 0 Å². The van der Waals surface area contributed by atoms with Crippen LogP contribution in [-0.4, -0.2) is 18.6 Å². The first kappa shape index (κ1) is 14.5. The molecule has 0 aliphatic carbocycles. The van der Waals surface area contributed by atoms with Gasteiger partial charge in [0, 0.05) is 5.69 Å². The van der Waals surface area contributed by atoms with E-state index in [2.05, 4.69) is 48.4 Å². The lowest BCUT2D eigenvalue weighted by Gasteiger charge is -2.20. The number of benzene rings is 1. The summed E-state index contributed by atoms with van der Waals surface area (Å²) < 4.78 is 5.28. The number of rotatable bonds is 5. The molecule has 1 atom stereocenters. The van der Waals surface area contributed by atoms with Crippen molar-refractivity contribution in [3.05, 3.63) is 58.9 Å². The molecule has 2 aromatic rings. The first-order valence-electron chi connectivity index (χ1n) is 6.97. The molecule has 1 aromatic heterocycles. The van der Waals surface area contributed by atoms with E-state index in [1.807, 2.05) is 19.1 Å². The number of hydrogen-bond acceptors (Lipinski definition) is 3. The van der Waals surface area contributed by atoms with Crippen molar-refractivity contribution >= 4 is 0 Å². The molecule has 1 N–H and O–H groups in total. The highest BCUT2D eigenvalue weighted by Gasteiger charge is 2.16. The molecule has 0 aliphatic heterocycles. The molecule has 0 amide bonds. The second-order valence-electron chi connectivity index (χ2n) is 4.92. The Kier molecular flexibility index (Phi) is 4.74. The smallest absolute Gasteiger partial charge is 0.119 e. The van der Waals surface area contributed by atoms with Gasteiger partial charge in [-0.2, -0.15) is 0 Å². The van der Waals surface area contributed by atoms with Crippen molar-refractivity contribution in [1.82, 2.24) is 10.3 Å². The van der Waals surface area contributed by atoms with E-state index in [1.165, 1.54) is 11.1 Å². The van der Waals surface area contributed by atoms with Gasteiger partial charge in [-0.1, -0.05) is 19.1 Å². The van der Waals surface area contributed by atoms with Gasteiger partial charge in [0.05, 0.1) is 18.8 Å². The van der Waals surface area contributed by atoms with Gasteiger partial charge in [0.15, 0.2) is 0 Å². The van der Waals surface area contributed by atoms with E-state index in [1.54, 1.807) is 7.11 Å². The van der Waals surface area contributed by atoms with Gasteiger partial charge < -0.3 is 10.1 Å². The van der Waals surface area contributed by atoms with Crippen LogP contribution in [0.15, 0.2) is 36.4 Å². The first-order valence-corrected chi connectivity index (χ1v) is 6.97. The van der Waals surface area contributed by atoms with Crippen molar-refractivity contribution in [2.75, 3.05) is 13.7 Å². The maximum atomic E-state index is 5.28. The van der Waals surface area contributed by atoms with Crippen molar-refractivity contribution in [2.45, 2.75) is 26.8 Å². The first-order chi connectivity index (χ1) is 9.65. The topological polar surface area (TPSA) is 34.2 Å². The number of methoxy groups -OCH3 is 1. The van der Waals surface area contributed by atoms with Crippen LogP contribution >= 0.6 is 0 Å². The Morgan fingerprint density at radius 2 is 2.00 bits per heavy atom. The van der Waals surface area contributed by atoms with E-state index >= 15 is 0 Å². The number of ether oxygens (including phenoxy) is 1. The van der Waals surface area contributed by atoms with Crippen molar-refractivity contribution in [3.63, 3.8) is 0 Å². The average molecular weight is 270 g/mol. The molecule has 0 fully saturated rings. The molecule has 0 saturated carbocycles. The summed E-state index contributed by atoms with van der Waals surface area (Å²) >= 11 is 0. The van der Waals surface area contributed by atoms with Crippen LogP contribution in [0, 0.1) is 13.8 Å². The second kappa shape index (κ2) is 6.53. The lowest BCUT2D eigenvalue weighted by atomic mass is 9.97. The highest BCUT2D eigenvalue weighted by Crippen LogP contribution is 2.26. The van der Waals surface area contributed by atoms with E-state index in [0.717, 1.165) is 23.7 Å².